The molecule has 0 radical (unpaired) electrons. The topological polar surface area (TPSA) is 104 Å². The van der Waals surface area contributed by atoms with E-state index in [2.05, 4.69) is 28.2 Å². The molecule has 0 aliphatic rings. The molecule has 2 aromatic heterocycles. The molecular formula is C15H13N5O3S. The van der Waals surface area contributed by atoms with E-state index in [0.29, 0.717) is 16.8 Å². The van der Waals surface area contributed by atoms with Crippen LogP contribution in [0.15, 0.2) is 48.9 Å². The van der Waals surface area contributed by atoms with Crippen LogP contribution < -0.4 is 0 Å². The number of aromatic nitrogens is 4. The lowest BCUT2D eigenvalue weighted by Crippen LogP contribution is -2.26. The first-order valence-corrected chi connectivity index (χ1v) is 7.30. The predicted octanol–water partition coefficient (Wildman–Crippen LogP) is 2.32. The van der Waals surface area contributed by atoms with Gasteiger partial charge in [0.15, 0.2) is 6.29 Å². The summed E-state index contributed by atoms with van der Waals surface area (Å²) in [5.74, 6) is 0. The number of rotatable bonds is 5. The number of hydrogen-bond donors (Lipinski definition) is 3. The molecule has 0 saturated carbocycles. The number of aromatic amines is 1. The van der Waals surface area contributed by atoms with Gasteiger partial charge in [0.25, 0.3) is 0 Å². The molecule has 9 heteroatoms. The number of nitrogens with one attached hydrogen (secondary N) is 1. The molecule has 1 atom stereocenters. The molecule has 0 bridgehead atoms. The van der Waals surface area contributed by atoms with E-state index >= 15 is 0 Å². The molecule has 1 unspecified atom stereocenters. The summed E-state index contributed by atoms with van der Waals surface area (Å²) < 4.78 is 2.67. The summed E-state index contributed by atoms with van der Waals surface area (Å²) >= 11 is 4.04. The minimum absolute atomic E-state index is 0.435. The van der Waals surface area contributed by atoms with Gasteiger partial charge in [0.05, 0.1) is 6.20 Å². The molecular weight excluding hydrogens is 330 g/mol. The maximum absolute atomic E-state index is 11.3. The van der Waals surface area contributed by atoms with Crippen molar-refractivity contribution in [2.75, 3.05) is 0 Å². The second kappa shape index (κ2) is 6.59. The van der Waals surface area contributed by atoms with Crippen molar-refractivity contribution in [1.82, 2.24) is 24.3 Å². The first-order chi connectivity index (χ1) is 11.6. The zero-order valence-electron chi connectivity index (χ0n) is 12.3. The second-order valence-electron chi connectivity index (χ2n) is 4.99. The van der Waals surface area contributed by atoms with E-state index in [-0.39, 0.29) is 0 Å². The van der Waals surface area contributed by atoms with E-state index in [1.807, 2.05) is 12.1 Å². The van der Waals surface area contributed by atoms with Gasteiger partial charge in [-0.05, 0) is 23.8 Å². The van der Waals surface area contributed by atoms with Crippen LogP contribution in [0.5, 0.6) is 0 Å². The van der Waals surface area contributed by atoms with Crippen LogP contribution in [-0.4, -0.2) is 41.8 Å². The highest BCUT2D eigenvalue weighted by atomic mass is 32.1. The standard InChI is InChI=1S/C15H13N5O3S/c21-9-10-5-6-19(8-10)12-3-1-11(2-4-12)14(20(24)15(22)23)13-7-16-18-17-13/h1-9,14,24H,(H,22,23)(H,16,17,18). The fraction of sp³-hybridized carbons (Fsp3) is 0.0667. The molecule has 8 nitrogen and oxygen atoms in total. The summed E-state index contributed by atoms with van der Waals surface area (Å²) in [5.41, 5.74) is 2.54. The van der Waals surface area contributed by atoms with Crippen molar-refractivity contribution >= 4 is 25.2 Å². The first-order valence-electron chi connectivity index (χ1n) is 6.90. The van der Waals surface area contributed by atoms with Gasteiger partial charge < -0.3 is 9.67 Å². The molecule has 2 heterocycles. The van der Waals surface area contributed by atoms with Crippen LogP contribution in [0.4, 0.5) is 4.79 Å². The Kier molecular flexibility index (Phi) is 4.34. The van der Waals surface area contributed by atoms with Gasteiger partial charge in [-0.15, -0.1) is 0 Å². The zero-order chi connectivity index (χ0) is 17.1. The summed E-state index contributed by atoms with van der Waals surface area (Å²) in [4.78, 5) is 22.1. The first kappa shape index (κ1) is 15.8. The third-order valence-electron chi connectivity index (χ3n) is 3.51. The van der Waals surface area contributed by atoms with Crippen molar-refractivity contribution < 1.29 is 14.7 Å². The number of benzene rings is 1. The van der Waals surface area contributed by atoms with Crippen LogP contribution in [0, 0.1) is 0 Å². The van der Waals surface area contributed by atoms with Crippen molar-refractivity contribution in [3.8, 4) is 5.69 Å². The van der Waals surface area contributed by atoms with Gasteiger partial charge in [0, 0.05) is 23.6 Å². The molecule has 3 rings (SSSR count). The highest BCUT2D eigenvalue weighted by Gasteiger charge is 2.26. The Labute approximate surface area is 142 Å². The summed E-state index contributed by atoms with van der Waals surface area (Å²) in [6.45, 7) is 0. The number of aldehydes is 1. The van der Waals surface area contributed by atoms with Crippen molar-refractivity contribution in [2.24, 2.45) is 0 Å². The van der Waals surface area contributed by atoms with Gasteiger partial charge in [0.2, 0.25) is 0 Å². The molecule has 122 valence electrons. The molecule has 2 N–H and O–H groups in total. The van der Waals surface area contributed by atoms with Crippen molar-refractivity contribution in [1.29, 1.82) is 0 Å². The quantitative estimate of drug-likeness (QED) is 0.487. The number of nitrogens with zero attached hydrogens (tertiary/aromatic N) is 4. The molecule has 0 spiro atoms. The van der Waals surface area contributed by atoms with Gasteiger partial charge in [-0.2, -0.15) is 15.4 Å². The minimum atomic E-state index is -1.20. The lowest BCUT2D eigenvalue weighted by molar-refractivity contribution is 0.112. The van der Waals surface area contributed by atoms with Crippen molar-refractivity contribution in [2.45, 2.75) is 6.04 Å². The van der Waals surface area contributed by atoms with Crippen LogP contribution >= 0.6 is 12.8 Å². The van der Waals surface area contributed by atoms with E-state index in [0.717, 1.165) is 16.3 Å². The van der Waals surface area contributed by atoms with Gasteiger partial charge in [-0.3, -0.25) is 4.79 Å². The van der Waals surface area contributed by atoms with Gasteiger partial charge in [-0.25, -0.2) is 9.10 Å². The molecule has 0 aliphatic carbocycles. The van der Waals surface area contributed by atoms with Crippen molar-refractivity contribution in [3.63, 3.8) is 0 Å². The van der Waals surface area contributed by atoms with Gasteiger partial charge >= 0.3 is 6.09 Å². The number of carbonyl (C=O) groups is 2. The van der Waals surface area contributed by atoms with Crippen LogP contribution in [0.25, 0.3) is 5.69 Å². The maximum atomic E-state index is 11.3. The average Bonchev–Trinajstić information content (AvgIpc) is 3.27. The van der Waals surface area contributed by atoms with E-state index in [1.165, 1.54) is 6.20 Å². The highest BCUT2D eigenvalue weighted by Crippen LogP contribution is 2.29. The predicted molar refractivity (Wildman–Crippen MR) is 88.2 cm³/mol. The van der Waals surface area contributed by atoms with Gasteiger partial charge in [-0.1, -0.05) is 24.9 Å². The molecule has 0 saturated heterocycles. The molecule has 1 amide bonds. The average molecular weight is 343 g/mol. The van der Waals surface area contributed by atoms with E-state index < -0.39 is 12.1 Å². The third kappa shape index (κ3) is 3.01. The summed E-state index contributed by atoms with van der Waals surface area (Å²) in [5, 5.41) is 19.4. The summed E-state index contributed by atoms with van der Waals surface area (Å²) in [6.07, 6.45) is 4.51. The fourth-order valence-corrected chi connectivity index (χ4v) is 2.61. The van der Waals surface area contributed by atoms with Crippen LogP contribution in [0.2, 0.25) is 0 Å². The van der Waals surface area contributed by atoms with Crippen LogP contribution in [0.1, 0.15) is 27.7 Å². The van der Waals surface area contributed by atoms with E-state index in [4.69, 9.17) is 0 Å². The third-order valence-corrected chi connectivity index (χ3v) is 3.92. The Morgan fingerprint density at radius 2 is 2.08 bits per heavy atom. The molecule has 24 heavy (non-hydrogen) atoms. The number of H-pyrrole nitrogens is 1. The zero-order valence-corrected chi connectivity index (χ0v) is 13.2. The Morgan fingerprint density at radius 3 is 2.62 bits per heavy atom. The Morgan fingerprint density at radius 1 is 1.33 bits per heavy atom. The van der Waals surface area contributed by atoms with E-state index in [1.54, 1.807) is 35.2 Å². The molecule has 0 aliphatic heterocycles. The summed E-state index contributed by atoms with van der Waals surface area (Å²) in [7, 11) is 0. The number of hydrogen-bond acceptors (Lipinski definition) is 5. The Bertz CT molecular complexity index is 844. The molecule has 1 aromatic carbocycles. The highest BCUT2D eigenvalue weighted by molar-refractivity contribution is 7.78. The smallest absolute Gasteiger partial charge is 0.418 e. The number of thiol groups is 1. The Hall–Kier alpha value is -3.07. The SMILES string of the molecule is O=Cc1ccn(-c2ccc(C(c3cn[nH]n3)N(S)C(=O)O)cc2)c1. The van der Waals surface area contributed by atoms with Crippen LogP contribution in [0.3, 0.4) is 0 Å². The number of amides is 1. The lowest BCUT2D eigenvalue weighted by Gasteiger charge is -2.23. The van der Waals surface area contributed by atoms with E-state index in [9.17, 15) is 14.7 Å². The Balaban J connectivity index is 1.94. The summed E-state index contributed by atoms with van der Waals surface area (Å²) in [6, 6.07) is 8.21. The largest absolute Gasteiger partial charge is 0.464 e. The fourth-order valence-electron chi connectivity index (χ4n) is 2.36. The number of carbonyl (C=O) groups excluding carboxylic acids is 1. The van der Waals surface area contributed by atoms with Gasteiger partial charge in [0.1, 0.15) is 11.7 Å². The molecule has 0 fully saturated rings. The lowest BCUT2D eigenvalue weighted by atomic mass is 10.0. The normalized spacial score (nSPS) is 11.9. The monoisotopic (exact) mass is 343 g/mol. The van der Waals surface area contributed by atoms with Crippen LogP contribution in [-0.2, 0) is 0 Å². The van der Waals surface area contributed by atoms with Crippen molar-refractivity contribution in [3.05, 3.63) is 65.7 Å². The maximum Gasteiger partial charge on any atom is 0.418 e. The number of carboxylic acid groups (broad SMARTS) is 1. The minimum Gasteiger partial charge on any atom is -0.464 e. The second-order valence-corrected chi connectivity index (χ2v) is 5.42. The molecule has 3 aromatic rings.